The highest BCUT2D eigenvalue weighted by Crippen LogP contribution is 2.37. The minimum Gasteiger partial charge on any atom is -0.494 e. The SMILES string of the molecule is COc1ccc(C)c2sc(N(CCN(C)C)C(=O)c3ccc(N4CCOCC4)c([N+](=O)[O-])c3)nc12. The van der Waals surface area contributed by atoms with Crippen molar-refractivity contribution < 1.29 is 19.2 Å². The smallest absolute Gasteiger partial charge is 0.293 e. The van der Waals surface area contributed by atoms with Gasteiger partial charge in [-0.15, -0.1) is 0 Å². The lowest BCUT2D eigenvalue weighted by atomic mass is 10.1. The third kappa shape index (κ3) is 5.21. The Morgan fingerprint density at radius 1 is 1.23 bits per heavy atom. The van der Waals surface area contributed by atoms with Crippen LogP contribution in [0.1, 0.15) is 15.9 Å². The summed E-state index contributed by atoms with van der Waals surface area (Å²) in [6.45, 7) is 5.13. The van der Waals surface area contributed by atoms with Crippen molar-refractivity contribution in [3.05, 3.63) is 51.6 Å². The highest BCUT2D eigenvalue weighted by Gasteiger charge is 2.27. The van der Waals surface area contributed by atoms with E-state index in [9.17, 15) is 14.9 Å². The standard InChI is InChI=1S/C24H29N5O5S/c1-16-5-8-20(33-4)21-22(16)35-24(25-21)28(10-9-26(2)3)23(30)17-6-7-18(19(15-17)29(31)32)27-11-13-34-14-12-27/h5-8,15H,9-14H2,1-4H3. The molecule has 0 saturated carbocycles. The monoisotopic (exact) mass is 499 g/mol. The maximum Gasteiger partial charge on any atom is 0.293 e. The quantitative estimate of drug-likeness (QED) is 0.343. The topological polar surface area (TPSA) is 101 Å². The van der Waals surface area contributed by atoms with Crippen LogP contribution in [0.4, 0.5) is 16.5 Å². The van der Waals surface area contributed by atoms with Crippen LogP contribution in [0.2, 0.25) is 0 Å². The van der Waals surface area contributed by atoms with Crippen LogP contribution >= 0.6 is 11.3 Å². The maximum absolute atomic E-state index is 13.7. The van der Waals surface area contributed by atoms with Gasteiger partial charge in [-0.05, 0) is 44.8 Å². The molecule has 1 amide bonds. The molecule has 0 radical (unpaired) electrons. The molecule has 1 aromatic heterocycles. The Balaban J connectivity index is 1.74. The van der Waals surface area contributed by atoms with Crippen LogP contribution in [0, 0.1) is 17.0 Å². The molecule has 1 fully saturated rings. The second kappa shape index (κ2) is 10.5. The zero-order chi connectivity index (χ0) is 25.1. The van der Waals surface area contributed by atoms with E-state index in [0.29, 0.717) is 61.5 Å². The van der Waals surface area contributed by atoms with E-state index in [1.54, 1.807) is 24.1 Å². The predicted molar refractivity (Wildman–Crippen MR) is 137 cm³/mol. The Bertz CT molecular complexity index is 1240. The largest absolute Gasteiger partial charge is 0.494 e. The van der Waals surface area contributed by atoms with E-state index in [2.05, 4.69) is 0 Å². The van der Waals surface area contributed by atoms with Gasteiger partial charge in [-0.3, -0.25) is 19.8 Å². The second-order valence-electron chi connectivity index (χ2n) is 8.58. The van der Waals surface area contributed by atoms with Gasteiger partial charge < -0.3 is 19.3 Å². The maximum atomic E-state index is 13.7. The molecule has 2 aromatic carbocycles. The molecule has 0 N–H and O–H groups in total. The number of hydrogen-bond donors (Lipinski definition) is 0. The minimum absolute atomic E-state index is 0.0906. The molecular formula is C24H29N5O5S. The van der Waals surface area contributed by atoms with Gasteiger partial charge in [-0.25, -0.2) is 4.98 Å². The Morgan fingerprint density at radius 2 is 1.97 bits per heavy atom. The summed E-state index contributed by atoms with van der Waals surface area (Å²) in [5.41, 5.74) is 2.39. The number of anilines is 2. The van der Waals surface area contributed by atoms with E-state index < -0.39 is 4.92 Å². The average Bonchev–Trinajstić information content (AvgIpc) is 3.30. The molecule has 0 bridgehead atoms. The molecule has 0 spiro atoms. The lowest BCUT2D eigenvalue weighted by molar-refractivity contribution is -0.384. The Morgan fingerprint density at radius 3 is 2.63 bits per heavy atom. The number of methoxy groups -OCH3 is 1. The molecule has 10 nitrogen and oxygen atoms in total. The number of ether oxygens (including phenoxy) is 2. The molecule has 186 valence electrons. The molecule has 1 saturated heterocycles. The number of aryl methyl sites for hydroxylation is 1. The fraction of sp³-hybridized carbons (Fsp3) is 0.417. The number of nitro groups is 1. The number of aromatic nitrogens is 1. The molecule has 11 heteroatoms. The molecule has 1 aliphatic heterocycles. The summed E-state index contributed by atoms with van der Waals surface area (Å²) in [5, 5.41) is 12.4. The summed E-state index contributed by atoms with van der Waals surface area (Å²) in [5.74, 6) is 0.303. The second-order valence-corrected chi connectivity index (χ2v) is 9.56. The predicted octanol–water partition coefficient (Wildman–Crippen LogP) is 3.57. The number of morpholine rings is 1. The molecule has 0 unspecified atom stereocenters. The molecule has 35 heavy (non-hydrogen) atoms. The van der Waals surface area contributed by atoms with E-state index in [-0.39, 0.29) is 17.2 Å². The van der Waals surface area contributed by atoms with Crippen LogP contribution in [0.15, 0.2) is 30.3 Å². The van der Waals surface area contributed by atoms with E-state index >= 15 is 0 Å². The average molecular weight is 500 g/mol. The van der Waals surface area contributed by atoms with Crippen LogP contribution in [-0.4, -0.2) is 81.3 Å². The normalized spacial score (nSPS) is 13.9. The molecular weight excluding hydrogens is 470 g/mol. The lowest BCUT2D eigenvalue weighted by Gasteiger charge is -2.28. The lowest BCUT2D eigenvalue weighted by Crippen LogP contribution is -2.37. The summed E-state index contributed by atoms with van der Waals surface area (Å²) in [7, 11) is 5.44. The zero-order valence-electron chi connectivity index (χ0n) is 20.3. The summed E-state index contributed by atoms with van der Waals surface area (Å²) in [4.78, 5) is 35.4. The first-order chi connectivity index (χ1) is 16.8. The van der Waals surface area contributed by atoms with Gasteiger partial charge in [0, 0.05) is 37.8 Å². The zero-order valence-corrected chi connectivity index (χ0v) is 21.1. The first-order valence-electron chi connectivity index (χ1n) is 11.3. The van der Waals surface area contributed by atoms with Crippen molar-refractivity contribution in [1.29, 1.82) is 0 Å². The van der Waals surface area contributed by atoms with Gasteiger partial charge in [0.05, 0.1) is 29.9 Å². The number of fused-ring (bicyclic) bond motifs is 1. The third-order valence-corrected chi connectivity index (χ3v) is 7.14. The van der Waals surface area contributed by atoms with Crippen molar-refractivity contribution in [1.82, 2.24) is 9.88 Å². The van der Waals surface area contributed by atoms with Gasteiger partial charge in [0.25, 0.3) is 11.6 Å². The first-order valence-corrected chi connectivity index (χ1v) is 12.1. The van der Waals surface area contributed by atoms with Gasteiger partial charge in [0.1, 0.15) is 17.0 Å². The fourth-order valence-corrected chi connectivity index (χ4v) is 5.07. The van der Waals surface area contributed by atoms with Gasteiger partial charge in [-0.1, -0.05) is 17.4 Å². The minimum atomic E-state index is -0.433. The number of carbonyl (C=O) groups is 1. The highest BCUT2D eigenvalue weighted by molar-refractivity contribution is 7.22. The van der Waals surface area contributed by atoms with Crippen molar-refractivity contribution in [3.63, 3.8) is 0 Å². The van der Waals surface area contributed by atoms with Crippen LogP contribution < -0.4 is 14.5 Å². The van der Waals surface area contributed by atoms with E-state index in [0.717, 1.165) is 10.3 Å². The molecule has 4 rings (SSSR count). The molecule has 0 atom stereocenters. The fourth-order valence-electron chi connectivity index (χ4n) is 3.99. The summed E-state index contributed by atoms with van der Waals surface area (Å²) < 4.78 is 11.8. The number of benzene rings is 2. The Hall–Kier alpha value is -3.28. The van der Waals surface area contributed by atoms with Crippen LogP contribution in [0.25, 0.3) is 10.2 Å². The van der Waals surface area contributed by atoms with E-state index in [1.807, 2.05) is 43.0 Å². The molecule has 1 aliphatic rings. The van der Waals surface area contributed by atoms with Crippen LogP contribution in [0.3, 0.4) is 0 Å². The number of hydrogen-bond acceptors (Lipinski definition) is 9. The summed E-state index contributed by atoms with van der Waals surface area (Å²) in [6, 6.07) is 8.51. The Labute approximate surface area is 207 Å². The van der Waals surface area contributed by atoms with Gasteiger partial charge >= 0.3 is 0 Å². The van der Waals surface area contributed by atoms with Crippen molar-refractivity contribution in [2.24, 2.45) is 0 Å². The van der Waals surface area contributed by atoms with Gasteiger partial charge in [0.2, 0.25) is 0 Å². The molecule has 2 heterocycles. The van der Waals surface area contributed by atoms with Crippen molar-refractivity contribution in [3.8, 4) is 5.75 Å². The number of carbonyl (C=O) groups excluding carboxylic acids is 1. The van der Waals surface area contributed by atoms with Crippen molar-refractivity contribution in [2.45, 2.75) is 6.92 Å². The number of likely N-dealkylation sites (N-methyl/N-ethyl adjacent to an activating group) is 1. The van der Waals surface area contributed by atoms with Crippen LogP contribution in [0.5, 0.6) is 5.75 Å². The summed E-state index contributed by atoms with van der Waals surface area (Å²) in [6.07, 6.45) is 0. The van der Waals surface area contributed by atoms with E-state index in [1.165, 1.54) is 17.4 Å². The Kier molecular flexibility index (Phi) is 7.48. The summed E-state index contributed by atoms with van der Waals surface area (Å²) >= 11 is 1.41. The van der Waals surface area contributed by atoms with Gasteiger partial charge in [0.15, 0.2) is 5.13 Å². The van der Waals surface area contributed by atoms with Gasteiger partial charge in [-0.2, -0.15) is 0 Å². The first kappa shape index (κ1) is 24.8. The molecule has 0 aliphatic carbocycles. The van der Waals surface area contributed by atoms with Crippen LogP contribution in [-0.2, 0) is 4.74 Å². The molecule has 3 aromatic rings. The number of amides is 1. The van der Waals surface area contributed by atoms with E-state index in [4.69, 9.17) is 14.5 Å². The number of rotatable bonds is 8. The number of nitro benzene ring substituents is 1. The third-order valence-electron chi connectivity index (χ3n) is 5.93. The number of nitrogens with zero attached hydrogens (tertiary/aromatic N) is 5. The number of thiazole rings is 1. The van der Waals surface area contributed by atoms with Crippen molar-refractivity contribution >= 4 is 44.0 Å². The highest BCUT2D eigenvalue weighted by atomic mass is 32.1. The van der Waals surface area contributed by atoms with Crippen molar-refractivity contribution in [2.75, 3.05) is 70.4 Å².